The first-order valence-electron chi connectivity index (χ1n) is 2.66. The first-order chi connectivity index (χ1) is 4.34. The largest absolute Gasteiger partial charge is 0.245 e. The summed E-state index contributed by atoms with van der Waals surface area (Å²) in [5, 5.41) is 0. The first-order valence-corrected chi connectivity index (χ1v) is 3.19. The minimum absolute atomic E-state index is 0.467. The summed E-state index contributed by atoms with van der Waals surface area (Å²) < 4.78 is 0. The molecule has 2 nitrogen and oxygen atoms in total. The molecule has 3 heteroatoms. The molecule has 1 aromatic rings. The second kappa shape index (κ2) is 2.78. The van der Waals surface area contributed by atoms with Gasteiger partial charge in [-0.1, -0.05) is 0 Å². The zero-order valence-electron chi connectivity index (χ0n) is 5.13. The van der Waals surface area contributed by atoms with Crippen molar-refractivity contribution in [2.45, 2.75) is 12.8 Å². The molecule has 1 heterocycles. The zero-order chi connectivity index (χ0) is 6.69. The molecule has 0 aromatic carbocycles. The Kier molecular flexibility index (Phi) is 2.01. The molecule has 0 aliphatic heterocycles. The quantitative estimate of drug-likeness (QED) is 0.556. The SMILES string of the molecule is Cc1cncnc1CCl. The van der Waals surface area contributed by atoms with Gasteiger partial charge in [-0.3, -0.25) is 0 Å². The number of hydrogen-bond acceptors (Lipinski definition) is 2. The fraction of sp³-hybridized carbons (Fsp3) is 0.333. The summed E-state index contributed by atoms with van der Waals surface area (Å²) in [6.07, 6.45) is 3.26. The van der Waals surface area contributed by atoms with Crippen molar-refractivity contribution in [1.82, 2.24) is 9.97 Å². The topological polar surface area (TPSA) is 25.8 Å². The molecule has 1 aromatic heterocycles. The molecule has 0 radical (unpaired) electrons. The monoisotopic (exact) mass is 142 g/mol. The summed E-state index contributed by atoms with van der Waals surface area (Å²) >= 11 is 5.54. The van der Waals surface area contributed by atoms with Crippen molar-refractivity contribution in [2.75, 3.05) is 0 Å². The third-order valence-corrected chi connectivity index (χ3v) is 1.38. The maximum atomic E-state index is 5.54. The highest BCUT2D eigenvalue weighted by molar-refractivity contribution is 6.16. The molecule has 0 spiro atoms. The van der Waals surface area contributed by atoms with Crippen LogP contribution >= 0.6 is 11.6 Å². The molecule has 0 bridgehead atoms. The van der Waals surface area contributed by atoms with Gasteiger partial charge in [0.2, 0.25) is 0 Å². The van der Waals surface area contributed by atoms with E-state index in [1.165, 1.54) is 6.33 Å². The van der Waals surface area contributed by atoms with E-state index in [1.807, 2.05) is 6.92 Å². The Morgan fingerprint density at radius 3 is 2.89 bits per heavy atom. The van der Waals surface area contributed by atoms with E-state index in [4.69, 9.17) is 11.6 Å². The number of aryl methyl sites for hydroxylation is 1. The van der Waals surface area contributed by atoms with E-state index in [9.17, 15) is 0 Å². The van der Waals surface area contributed by atoms with Crippen LogP contribution in [0, 0.1) is 6.92 Å². The Labute approximate surface area is 58.9 Å². The highest BCUT2D eigenvalue weighted by Gasteiger charge is 1.93. The van der Waals surface area contributed by atoms with Crippen LogP contribution in [0.2, 0.25) is 0 Å². The summed E-state index contributed by atoms with van der Waals surface area (Å²) in [5.41, 5.74) is 1.96. The molecule has 0 fully saturated rings. The summed E-state index contributed by atoms with van der Waals surface area (Å²) in [4.78, 5) is 7.78. The molecular weight excluding hydrogens is 136 g/mol. The van der Waals surface area contributed by atoms with E-state index in [0.29, 0.717) is 5.88 Å². The Balaban J connectivity index is 3.01. The molecule has 48 valence electrons. The summed E-state index contributed by atoms with van der Waals surface area (Å²) in [5.74, 6) is 0.467. The summed E-state index contributed by atoms with van der Waals surface area (Å²) in [7, 11) is 0. The minimum Gasteiger partial charge on any atom is -0.245 e. The Hall–Kier alpha value is -0.630. The number of aromatic nitrogens is 2. The molecule has 0 aliphatic carbocycles. The van der Waals surface area contributed by atoms with Crippen molar-refractivity contribution >= 4 is 11.6 Å². The lowest BCUT2D eigenvalue weighted by atomic mass is 10.3. The van der Waals surface area contributed by atoms with E-state index in [-0.39, 0.29) is 0 Å². The number of halogens is 1. The second-order valence-electron chi connectivity index (χ2n) is 1.79. The molecular formula is C6H7ClN2. The van der Waals surface area contributed by atoms with Gasteiger partial charge in [0.1, 0.15) is 6.33 Å². The van der Waals surface area contributed by atoms with Crippen LogP contribution in [0.4, 0.5) is 0 Å². The average molecular weight is 143 g/mol. The Bertz CT molecular complexity index is 200. The van der Waals surface area contributed by atoms with Gasteiger partial charge in [0, 0.05) is 6.20 Å². The number of alkyl halides is 1. The third-order valence-electron chi connectivity index (χ3n) is 1.13. The van der Waals surface area contributed by atoms with Gasteiger partial charge in [0.25, 0.3) is 0 Å². The van der Waals surface area contributed by atoms with Crippen LogP contribution in [0.15, 0.2) is 12.5 Å². The number of rotatable bonds is 1. The maximum absolute atomic E-state index is 5.54. The normalized spacial score (nSPS) is 9.56. The van der Waals surface area contributed by atoms with Gasteiger partial charge >= 0.3 is 0 Å². The van der Waals surface area contributed by atoms with E-state index >= 15 is 0 Å². The lowest BCUT2D eigenvalue weighted by Crippen LogP contribution is -1.89. The first kappa shape index (κ1) is 6.49. The van der Waals surface area contributed by atoms with Crippen LogP contribution in [0.1, 0.15) is 11.3 Å². The summed E-state index contributed by atoms with van der Waals surface area (Å²) in [6.45, 7) is 1.94. The standard InChI is InChI=1S/C6H7ClN2/c1-5-3-8-4-9-6(5)2-7/h3-4H,2H2,1H3. The fourth-order valence-electron chi connectivity index (χ4n) is 0.564. The van der Waals surface area contributed by atoms with Gasteiger partial charge in [-0.25, -0.2) is 9.97 Å². The molecule has 0 saturated heterocycles. The van der Waals surface area contributed by atoms with Gasteiger partial charge in [-0.2, -0.15) is 0 Å². The van der Waals surface area contributed by atoms with Crippen molar-refractivity contribution in [3.05, 3.63) is 23.8 Å². The van der Waals surface area contributed by atoms with Crippen LogP contribution in [0.25, 0.3) is 0 Å². The smallest absolute Gasteiger partial charge is 0.115 e. The third kappa shape index (κ3) is 1.39. The molecule has 9 heavy (non-hydrogen) atoms. The number of hydrogen-bond donors (Lipinski definition) is 0. The van der Waals surface area contributed by atoms with E-state index in [2.05, 4.69) is 9.97 Å². The molecule has 0 aliphatic rings. The molecule has 1 rings (SSSR count). The van der Waals surface area contributed by atoms with E-state index in [1.54, 1.807) is 6.20 Å². The molecule has 0 N–H and O–H groups in total. The van der Waals surface area contributed by atoms with Crippen molar-refractivity contribution in [2.24, 2.45) is 0 Å². The predicted octanol–water partition coefficient (Wildman–Crippen LogP) is 1.52. The van der Waals surface area contributed by atoms with E-state index in [0.717, 1.165) is 11.3 Å². The highest BCUT2D eigenvalue weighted by Crippen LogP contribution is 2.03. The predicted molar refractivity (Wildman–Crippen MR) is 36.3 cm³/mol. The van der Waals surface area contributed by atoms with Crippen LogP contribution in [0.5, 0.6) is 0 Å². The van der Waals surface area contributed by atoms with Gasteiger partial charge in [0.05, 0.1) is 11.6 Å². The lowest BCUT2D eigenvalue weighted by Gasteiger charge is -1.95. The molecule has 0 unspecified atom stereocenters. The van der Waals surface area contributed by atoms with Gasteiger partial charge in [0.15, 0.2) is 0 Å². The second-order valence-corrected chi connectivity index (χ2v) is 2.05. The van der Waals surface area contributed by atoms with Crippen molar-refractivity contribution in [3.8, 4) is 0 Å². The van der Waals surface area contributed by atoms with Crippen LogP contribution in [-0.2, 0) is 5.88 Å². The summed E-state index contributed by atoms with van der Waals surface area (Å²) in [6, 6.07) is 0. The lowest BCUT2D eigenvalue weighted by molar-refractivity contribution is 1.04. The zero-order valence-corrected chi connectivity index (χ0v) is 5.89. The van der Waals surface area contributed by atoms with Crippen LogP contribution < -0.4 is 0 Å². The van der Waals surface area contributed by atoms with Gasteiger partial charge < -0.3 is 0 Å². The number of nitrogens with zero attached hydrogens (tertiary/aromatic N) is 2. The Morgan fingerprint density at radius 2 is 2.44 bits per heavy atom. The molecule has 0 amide bonds. The molecule has 0 atom stereocenters. The fourth-order valence-corrected chi connectivity index (χ4v) is 0.844. The van der Waals surface area contributed by atoms with Crippen molar-refractivity contribution < 1.29 is 0 Å². The van der Waals surface area contributed by atoms with Crippen LogP contribution in [-0.4, -0.2) is 9.97 Å². The van der Waals surface area contributed by atoms with Crippen molar-refractivity contribution in [3.63, 3.8) is 0 Å². The average Bonchev–Trinajstić information content (AvgIpc) is 1.89. The Morgan fingerprint density at radius 1 is 1.67 bits per heavy atom. The van der Waals surface area contributed by atoms with E-state index < -0.39 is 0 Å². The highest BCUT2D eigenvalue weighted by atomic mass is 35.5. The van der Waals surface area contributed by atoms with Crippen molar-refractivity contribution in [1.29, 1.82) is 0 Å². The van der Waals surface area contributed by atoms with Gasteiger partial charge in [-0.15, -0.1) is 11.6 Å². The molecule has 0 saturated carbocycles. The minimum atomic E-state index is 0.467. The van der Waals surface area contributed by atoms with Crippen LogP contribution in [0.3, 0.4) is 0 Å². The van der Waals surface area contributed by atoms with Gasteiger partial charge in [-0.05, 0) is 12.5 Å². The maximum Gasteiger partial charge on any atom is 0.115 e.